The van der Waals surface area contributed by atoms with Crippen molar-refractivity contribution in [1.29, 1.82) is 0 Å². The number of thiazole rings is 1. The summed E-state index contributed by atoms with van der Waals surface area (Å²) in [6.45, 7) is 2.83. The van der Waals surface area contributed by atoms with E-state index in [2.05, 4.69) is 29.4 Å². The molecule has 0 bridgehead atoms. The number of hydrogen-bond acceptors (Lipinski definition) is 4. The second-order valence-electron chi connectivity index (χ2n) is 4.34. The average Bonchev–Trinajstić information content (AvgIpc) is 2.98. The number of nitrogens with one attached hydrogen (secondary N) is 1. The Kier molecular flexibility index (Phi) is 5.24. The number of nitrogens with zero attached hydrogens (tertiary/aromatic N) is 1. The van der Waals surface area contributed by atoms with Crippen molar-refractivity contribution in [2.24, 2.45) is 0 Å². The van der Waals surface area contributed by atoms with Crippen LogP contribution in [0.4, 0.5) is 0 Å². The molecule has 0 saturated carbocycles. The summed E-state index contributed by atoms with van der Waals surface area (Å²) >= 11 is 1.40. The first-order chi connectivity index (χ1) is 9.31. The van der Waals surface area contributed by atoms with Gasteiger partial charge in [0.05, 0.1) is 0 Å². The molecule has 3 nitrogen and oxygen atoms in total. The molecular weight excluding hydrogens is 256 g/mol. The Morgan fingerprint density at radius 1 is 1.37 bits per heavy atom. The van der Waals surface area contributed by atoms with Crippen LogP contribution in [0.1, 0.15) is 41.2 Å². The van der Waals surface area contributed by atoms with E-state index in [-0.39, 0.29) is 5.78 Å². The zero-order valence-electron chi connectivity index (χ0n) is 11.0. The summed E-state index contributed by atoms with van der Waals surface area (Å²) in [5.41, 5.74) is 1.27. The van der Waals surface area contributed by atoms with Crippen molar-refractivity contribution in [3.63, 3.8) is 0 Å². The fourth-order valence-corrected chi connectivity index (χ4v) is 2.62. The molecule has 0 aliphatic heterocycles. The molecule has 2 aromatic rings. The highest BCUT2D eigenvalue weighted by Gasteiger charge is 2.11. The van der Waals surface area contributed by atoms with E-state index in [1.165, 1.54) is 16.9 Å². The molecule has 1 heterocycles. The van der Waals surface area contributed by atoms with Crippen LogP contribution in [0, 0.1) is 0 Å². The van der Waals surface area contributed by atoms with Crippen LogP contribution in [-0.4, -0.2) is 17.3 Å². The van der Waals surface area contributed by atoms with Crippen LogP contribution in [0.25, 0.3) is 0 Å². The van der Waals surface area contributed by atoms with E-state index >= 15 is 0 Å². The molecule has 1 unspecified atom stereocenters. The second kappa shape index (κ2) is 7.16. The molecule has 4 heteroatoms. The van der Waals surface area contributed by atoms with Crippen LogP contribution >= 0.6 is 11.3 Å². The quantitative estimate of drug-likeness (QED) is 0.786. The fraction of sp³-hybridized carbons (Fsp3) is 0.333. The maximum Gasteiger partial charge on any atom is 0.192 e. The predicted molar refractivity (Wildman–Crippen MR) is 78.5 cm³/mol. The maximum atomic E-state index is 11.8. The van der Waals surface area contributed by atoms with Crippen molar-refractivity contribution in [2.75, 3.05) is 6.54 Å². The van der Waals surface area contributed by atoms with Gasteiger partial charge in [-0.05, 0) is 12.0 Å². The summed E-state index contributed by atoms with van der Waals surface area (Å²) in [6.07, 6.45) is 3.18. The molecule has 0 aliphatic rings. The van der Waals surface area contributed by atoms with Crippen molar-refractivity contribution in [2.45, 2.75) is 25.8 Å². The summed E-state index contributed by atoms with van der Waals surface area (Å²) in [4.78, 5) is 15.9. The van der Waals surface area contributed by atoms with Crippen LogP contribution in [0.5, 0.6) is 0 Å². The molecule has 0 fully saturated rings. The van der Waals surface area contributed by atoms with Gasteiger partial charge in [0.2, 0.25) is 0 Å². The molecule has 0 amide bonds. The number of carbonyl (C=O) groups is 1. The molecule has 0 spiro atoms. The first-order valence-corrected chi connectivity index (χ1v) is 7.40. The Hall–Kier alpha value is -1.52. The smallest absolute Gasteiger partial charge is 0.192 e. The van der Waals surface area contributed by atoms with Gasteiger partial charge in [-0.1, -0.05) is 37.3 Å². The Morgan fingerprint density at radius 3 is 2.79 bits per heavy atom. The van der Waals surface area contributed by atoms with Crippen LogP contribution in [0.15, 0.2) is 41.9 Å². The maximum absolute atomic E-state index is 11.8. The number of hydrogen-bond donors (Lipinski definition) is 1. The highest BCUT2D eigenvalue weighted by Crippen LogP contribution is 2.16. The lowest BCUT2D eigenvalue weighted by Gasteiger charge is -2.16. The molecule has 19 heavy (non-hydrogen) atoms. The Balaban J connectivity index is 1.83. The molecule has 1 aromatic carbocycles. The third-order valence-corrected chi connectivity index (χ3v) is 3.84. The summed E-state index contributed by atoms with van der Waals surface area (Å²) in [7, 11) is 0. The zero-order valence-corrected chi connectivity index (χ0v) is 11.8. The van der Waals surface area contributed by atoms with Crippen molar-refractivity contribution < 1.29 is 4.79 Å². The van der Waals surface area contributed by atoms with Crippen LogP contribution in [0.3, 0.4) is 0 Å². The van der Waals surface area contributed by atoms with Crippen molar-refractivity contribution in [3.05, 3.63) is 52.5 Å². The fourth-order valence-electron chi connectivity index (χ4n) is 2.01. The summed E-state index contributed by atoms with van der Waals surface area (Å²) in [5.74, 6) is 0.116. The molecule has 0 aliphatic carbocycles. The number of Topliss-reactive ketones (excluding diaryl/α,β-unsaturated/α-hetero) is 1. The molecule has 1 aromatic heterocycles. The average molecular weight is 274 g/mol. The first kappa shape index (κ1) is 13.9. The number of ketones is 1. The van der Waals surface area contributed by atoms with E-state index in [9.17, 15) is 4.79 Å². The third kappa shape index (κ3) is 3.98. The SMILES string of the molecule is CCC(NCCC(=O)c1nccs1)c1ccccc1. The number of rotatable bonds is 7. The lowest BCUT2D eigenvalue weighted by atomic mass is 10.0. The van der Waals surface area contributed by atoms with Gasteiger partial charge in [-0.2, -0.15) is 0 Å². The van der Waals surface area contributed by atoms with Crippen LogP contribution in [-0.2, 0) is 0 Å². The molecule has 0 saturated heterocycles. The van der Waals surface area contributed by atoms with Gasteiger partial charge in [-0.15, -0.1) is 11.3 Å². The van der Waals surface area contributed by atoms with Crippen LogP contribution < -0.4 is 5.32 Å². The first-order valence-electron chi connectivity index (χ1n) is 6.52. The number of carbonyl (C=O) groups excluding carboxylic acids is 1. The topological polar surface area (TPSA) is 42.0 Å². The van der Waals surface area contributed by atoms with E-state index in [0.29, 0.717) is 24.0 Å². The Morgan fingerprint density at radius 2 is 2.16 bits per heavy atom. The van der Waals surface area contributed by atoms with Crippen molar-refractivity contribution in [1.82, 2.24) is 10.3 Å². The Bertz CT molecular complexity index is 496. The molecule has 1 atom stereocenters. The minimum absolute atomic E-state index is 0.116. The summed E-state index contributed by atoms with van der Waals surface area (Å²) in [6, 6.07) is 10.6. The van der Waals surface area contributed by atoms with E-state index in [1.807, 2.05) is 23.6 Å². The van der Waals surface area contributed by atoms with Gasteiger partial charge in [-0.25, -0.2) is 4.98 Å². The standard InChI is InChI=1S/C15H18N2OS/c1-2-13(12-6-4-3-5-7-12)16-9-8-14(18)15-17-10-11-19-15/h3-7,10-11,13,16H,2,8-9H2,1H3. The van der Waals surface area contributed by atoms with Crippen molar-refractivity contribution in [3.8, 4) is 0 Å². The molecule has 0 radical (unpaired) electrons. The highest BCUT2D eigenvalue weighted by molar-refractivity contribution is 7.11. The Labute approximate surface area is 117 Å². The van der Waals surface area contributed by atoms with Crippen LogP contribution in [0.2, 0.25) is 0 Å². The van der Waals surface area contributed by atoms with Gasteiger partial charge < -0.3 is 5.32 Å². The lowest BCUT2D eigenvalue weighted by molar-refractivity contribution is 0.0981. The van der Waals surface area contributed by atoms with Crippen molar-refractivity contribution >= 4 is 17.1 Å². The van der Waals surface area contributed by atoms with Gasteiger partial charge in [-0.3, -0.25) is 4.79 Å². The van der Waals surface area contributed by atoms with Gasteiger partial charge in [0, 0.05) is 30.6 Å². The third-order valence-electron chi connectivity index (χ3n) is 3.02. The number of benzene rings is 1. The zero-order chi connectivity index (χ0) is 13.5. The summed E-state index contributed by atoms with van der Waals surface area (Å²) < 4.78 is 0. The highest BCUT2D eigenvalue weighted by atomic mass is 32.1. The van der Waals surface area contributed by atoms with E-state index in [4.69, 9.17) is 0 Å². The second-order valence-corrected chi connectivity index (χ2v) is 5.23. The van der Waals surface area contributed by atoms with E-state index in [1.54, 1.807) is 6.20 Å². The largest absolute Gasteiger partial charge is 0.309 e. The minimum Gasteiger partial charge on any atom is -0.309 e. The van der Waals surface area contributed by atoms with Gasteiger partial charge in [0.15, 0.2) is 10.8 Å². The molecular formula is C15H18N2OS. The lowest BCUT2D eigenvalue weighted by Crippen LogP contribution is -2.23. The van der Waals surface area contributed by atoms with Gasteiger partial charge in [0.1, 0.15) is 0 Å². The molecule has 1 N–H and O–H groups in total. The normalized spacial score (nSPS) is 12.3. The number of aromatic nitrogens is 1. The molecule has 100 valence electrons. The predicted octanol–water partition coefficient (Wildman–Crippen LogP) is 3.46. The summed E-state index contributed by atoms with van der Waals surface area (Å²) in [5, 5.41) is 5.87. The monoisotopic (exact) mass is 274 g/mol. The van der Waals surface area contributed by atoms with Gasteiger partial charge in [0.25, 0.3) is 0 Å². The molecule has 2 rings (SSSR count). The van der Waals surface area contributed by atoms with E-state index in [0.717, 1.165) is 6.42 Å². The van der Waals surface area contributed by atoms with E-state index < -0.39 is 0 Å². The minimum atomic E-state index is 0.116. The van der Waals surface area contributed by atoms with Gasteiger partial charge >= 0.3 is 0 Å².